The van der Waals surface area contributed by atoms with E-state index in [1.54, 1.807) is 24.8 Å². The summed E-state index contributed by atoms with van der Waals surface area (Å²) in [5.74, 6) is 0. The van der Waals surface area contributed by atoms with E-state index in [1.807, 2.05) is 31.3 Å². The molecule has 0 amide bonds. The van der Waals surface area contributed by atoms with Crippen LogP contribution in [0.25, 0.3) is 0 Å². The van der Waals surface area contributed by atoms with Crippen molar-refractivity contribution in [3.8, 4) is 0 Å². The molecule has 0 saturated carbocycles. The lowest BCUT2D eigenvalue weighted by Gasteiger charge is -2.17. The van der Waals surface area contributed by atoms with Gasteiger partial charge in [0.15, 0.2) is 0 Å². The number of nitrogens with zero attached hydrogens (tertiary/aromatic N) is 4. The van der Waals surface area contributed by atoms with Crippen molar-refractivity contribution in [2.24, 2.45) is 0 Å². The Kier molecular flexibility index (Phi) is 3.49. The largest absolute Gasteiger partial charge is 0.376 e. The molecule has 0 radical (unpaired) electrons. The zero-order valence-electron chi connectivity index (χ0n) is 9.96. The molecule has 2 aromatic rings. The highest BCUT2D eigenvalue weighted by Crippen LogP contribution is 2.22. The SMILES string of the molecule is CN(C)c1ccncc1NCc1cnccn1. The monoisotopic (exact) mass is 229 g/mol. The van der Waals surface area contributed by atoms with Crippen LogP contribution in [0.5, 0.6) is 0 Å². The van der Waals surface area contributed by atoms with E-state index in [4.69, 9.17) is 0 Å². The summed E-state index contributed by atoms with van der Waals surface area (Å²) < 4.78 is 0. The van der Waals surface area contributed by atoms with Gasteiger partial charge in [0, 0.05) is 32.7 Å². The van der Waals surface area contributed by atoms with Gasteiger partial charge in [-0.25, -0.2) is 0 Å². The van der Waals surface area contributed by atoms with Crippen molar-refractivity contribution < 1.29 is 0 Å². The third-order valence-corrected chi connectivity index (χ3v) is 2.36. The minimum absolute atomic E-state index is 0.639. The van der Waals surface area contributed by atoms with Crippen LogP contribution in [0.1, 0.15) is 5.69 Å². The van der Waals surface area contributed by atoms with E-state index in [-0.39, 0.29) is 0 Å². The molecule has 17 heavy (non-hydrogen) atoms. The van der Waals surface area contributed by atoms with Crippen LogP contribution in [0.3, 0.4) is 0 Å². The molecule has 0 bridgehead atoms. The van der Waals surface area contributed by atoms with Gasteiger partial charge in [-0.1, -0.05) is 0 Å². The maximum absolute atomic E-state index is 4.21. The third kappa shape index (κ3) is 2.90. The van der Waals surface area contributed by atoms with Crippen LogP contribution in [0.15, 0.2) is 37.1 Å². The lowest BCUT2D eigenvalue weighted by molar-refractivity contribution is 1.00. The van der Waals surface area contributed by atoms with Crippen LogP contribution in [0, 0.1) is 0 Å². The molecule has 0 saturated heterocycles. The van der Waals surface area contributed by atoms with Crippen LogP contribution in [0.2, 0.25) is 0 Å². The normalized spacial score (nSPS) is 10.0. The summed E-state index contributed by atoms with van der Waals surface area (Å²) in [6.45, 7) is 0.639. The van der Waals surface area contributed by atoms with Crippen molar-refractivity contribution in [1.82, 2.24) is 15.0 Å². The summed E-state index contributed by atoms with van der Waals surface area (Å²) >= 11 is 0. The Labute approximate surface area is 101 Å². The predicted octanol–water partition coefficient (Wildman–Crippen LogP) is 1.55. The number of anilines is 2. The molecule has 0 aliphatic heterocycles. The fourth-order valence-electron chi connectivity index (χ4n) is 1.52. The minimum atomic E-state index is 0.639. The second kappa shape index (κ2) is 5.25. The van der Waals surface area contributed by atoms with Crippen LogP contribution >= 0.6 is 0 Å². The highest BCUT2D eigenvalue weighted by atomic mass is 15.1. The van der Waals surface area contributed by atoms with E-state index in [1.165, 1.54) is 0 Å². The van der Waals surface area contributed by atoms with Gasteiger partial charge in [0.2, 0.25) is 0 Å². The van der Waals surface area contributed by atoms with Gasteiger partial charge < -0.3 is 10.2 Å². The molecule has 5 heteroatoms. The van der Waals surface area contributed by atoms with E-state index in [0.29, 0.717) is 6.54 Å². The molecule has 0 spiro atoms. The van der Waals surface area contributed by atoms with E-state index >= 15 is 0 Å². The standard InChI is InChI=1S/C12H15N5/c1-17(2)12-3-4-13-9-11(12)16-8-10-7-14-5-6-15-10/h3-7,9,16H,8H2,1-2H3. The lowest BCUT2D eigenvalue weighted by atomic mass is 10.3. The first-order chi connectivity index (χ1) is 8.27. The van der Waals surface area contributed by atoms with Crippen LogP contribution < -0.4 is 10.2 Å². The fourth-order valence-corrected chi connectivity index (χ4v) is 1.52. The van der Waals surface area contributed by atoms with E-state index in [9.17, 15) is 0 Å². The molecular formula is C12H15N5. The fraction of sp³-hybridized carbons (Fsp3) is 0.250. The smallest absolute Gasteiger partial charge is 0.0777 e. The van der Waals surface area contributed by atoms with Crippen LogP contribution in [-0.4, -0.2) is 29.0 Å². The summed E-state index contributed by atoms with van der Waals surface area (Å²) in [4.78, 5) is 14.4. The average molecular weight is 229 g/mol. The van der Waals surface area contributed by atoms with Gasteiger partial charge in [-0.05, 0) is 6.07 Å². The molecule has 5 nitrogen and oxygen atoms in total. The van der Waals surface area contributed by atoms with Crippen molar-refractivity contribution in [1.29, 1.82) is 0 Å². The zero-order valence-corrected chi connectivity index (χ0v) is 9.96. The van der Waals surface area contributed by atoms with Gasteiger partial charge in [0.1, 0.15) is 0 Å². The molecule has 0 aliphatic carbocycles. The Morgan fingerprint density at radius 2 is 1.94 bits per heavy atom. The molecule has 0 atom stereocenters. The van der Waals surface area contributed by atoms with Crippen molar-refractivity contribution >= 4 is 11.4 Å². The first-order valence-corrected chi connectivity index (χ1v) is 5.37. The Bertz CT molecular complexity index is 469. The second-order valence-electron chi connectivity index (χ2n) is 3.84. The molecule has 0 unspecified atom stereocenters. The topological polar surface area (TPSA) is 53.9 Å². The van der Waals surface area contributed by atoms with Gasteiger partial charge in [0.05, 0.1) is 36.0 Å². The van der Waals surface area contributed by atoms with Crippen LogP contribution in [-0.2, 0) is 6.54 Å². The Hall–Kier alpha value is -2.17. The first-order valence-electron chi connectivity index (χ1n) is 5.37. The highest BCUT2D eigenvalue weighted by molar-refractivity contribution is 5.67. The molecule has 2 rings (SSSR count). The Morgan fingerprint density at radius 3 is 2.65 bits per heavy atom. The van der Waals surface area contributed by atoms with Gasteiger partial charge >= 0.3 is 0 Å². The maximum atomic E-state index is 4.21. The maximum Gasteiger partial charge on any atom is 0.0777 e. The summed E-state index contributed by atoms with van der Waals surface area (Å²) in [7, 11) is 4.01. The Balaban J connectivity index is 2.09. The van der Waals surface area contributed by atoms with Crippen molar-refractivity contribution in [2.45, 2.75) is 6.54 Å². The zero-order chi connectivity index (χ0) is 12.1. The van der Waals surface area contributed by atoms with Gasteiger partial charge in [-0.3, -0.25) is 15.0 Å². The molecular weight excluding hydrogens is 214 g/mol. The molecule has 0 aliphatic rings. The summed E-state index contributed by atoms with van der Waals surface area (Å²) in [5, 5.41) is 3.30. The summed E-state index contributed by atoms with van der Waals surface area (Å²) in [6, 6.07) is 1.97. The molecule has 2 heterocycles. The van der Waals surface area contributed by atoms with Gasteiger partial charge in [0.25, 0.3) is 0 Å². The molecule has 88 valence electrons. The number of hydrogen-bond acceptors (Lipinski definition) is 5. The van der Waals surface area contributed by atoms with Crippen molar-refractivity contribution in [3.63, 3.8) is 0 Å². The second-order valence-corrected chi connectivity index (χ2v) is 3.84. The molecule has 0 aromatic carbocycles. The quantitative estimate of drug-likeness (QED) is 0.862. The van der Waals surface area contributed by atoms with Gasteiger partial charge in [-0.2, -0.15) is 0 Å². The van der Waals surface area contributed by atoms with Crippen LogP contribution in [0.4, 0.5) is 11.4 Å². The number of rotatable bonds is 4. The number of pyridine rings is 1. The Morgan fingerprint density at radius 1 is 1.12 bits per heavy atom. The minimum Gasteiger partial charge on any atom is -0.376 e. The van der Waals surface area contributed by atoms with Crippen molar-refractivity contribution in [2.75, 3.05) is 24.3 Å². The van der Waals surface area contributed by atoms with Gasteiger partial charge in [-0.15, -0.1) is 0 Å². The van der Waals surface area contributed by atoms with Crippen molar-refractivity contribution in [3.05, 3.63) is 42.7 Å². The lowest BCUT2D eigenvalue weighted by Crippen LogP contribution is -2.12. The first kappa shape index (κ1) is 11.3. The third-order valence-electron chi connectivity index (χ3n) is 2.36. The highest BCUT2D eigenvalue weighted by Gasteiger charge is 2.03. The average Bonchev–Trinajstić information content (AvgIpc) is 2.38. The number of aromatic nitrogens is 3. The summed E-state index contributed by atoms with van der Waals surface area (Å²) in [5.41, 5.74) is 2.99. The molecule has 2 aromatic heterocycles. The summed E-state index contributed by atoms with van der Waals surface area (Å²) in [6.07, 6.45) is 8.69. The van der Waals surface area contributed by atoms with E-state index < -0.39 is 0 Å². The molecule has 1 N–H and O–H groups in total. The number of nitrogens with one attached hydrogen (secondary N) is 1. The van der Waals surface area contributed by atoms with E-state index in [2.05, 4.69) is 20.3 Å². The molecule has 0 fully saturated rings. The predicted molar refractivity (Wildman–Crippen MR) is 67.9 cm³/mol. The number of hydrogen-bond donors (Lipinski definition) is 1. The van der Waals surface area contributed by atoms with E-state index in [0.717, 1.165) is 17.1 Å².